The molecule has 0 spiro atoms. The van der Waals surface area contributed by atoms with Crippen molar-refractivity contribution in [3.05, 3.63) is 130 Å². The molecular weight excluding hydrogens is 414 g/mol. The molecule has 0 unspecified atom stereocenters. The van der Waals surface area contributed by atoms with E-state index in [0.29, 0.717) is 6.42 Å². The van der Waals surface area contributed by atoms with Gasteiger partial charge in [-0.15, -0.1) is 0 Å². The van der Waals surface area contributed by atoms with Gasteiger partial charge in [0, 0.05) is 12.4 Å². The van der Waals surface area contributed by atoms with Crippen molar-refractivity contribution in [1.29, 1.82) is 0 Å². The maximum absolute atomic E-state index is 14.5. The molecule has 2 nitrogen and oxygen atoms in total. The molecule has 0 radical (unpaired) electrons. The van der Waals surface area contributed by atoms with Crippen LogP contribution in [0.5, 0.6) is 0 Å². The largest absolute Gasteiger partial charge is 0.253 e. The van der Waals surface area contributed by atoms with E-state index in [0.717, 1.165) is 33.4 Å². The van der Waals surface area contributed by atoms with Crippen LogP contribution >= 0.6 is 0 Å². The van der Waals surface area contributed by atoms with E-state index in [4.69, 9.17) is 0 Å². The molecule has 4 heteroatoms. The van der Waals surface area contributed by atoms with E-state index in [1.165, 1.54) is 12.1 Å². The molecule has 0 aromatic heterocycles. The molecule has 0 saturated carbocycles. The monoisotopic (exact) mass is 438 g/mol. The lowest BCUT2D eigenvalue weighted by Gasteiger charge is -2.06. The Kier molecular flexibility index (Phi) is 6.84. The number of hydrogen-bond acceptors (Lipinski definition) is 2. The van der Waals surface area contributed by atoms with Gasteiger partial charge in [0.25, 0.3) is 0 Å². The van der Waals surface area contributed by atoms with Gasteiger partial charge in [0.15, 0.2) is 0 Å². The summed E-state index contributed by atoms with van der Waals surface area (Å²) in [7, 11) is 0. The third-order valence-electron chi connectivity index (χ3n) is 5.29. The molecule has 4 rings (SSSR count). The number of nitrogens with zero attached hydrogens (tertiary/aromatic N) is 2. The fourth-order valence-electron chi connectivity index (χ4n) is 3.36. The lowest BCUT2D eigenvalue weighted by molar-refractivity contribution is 0.626. The van der Waals surface area contributed by atoms with Gasteiger partial charge in [-0.05, 0) is 66.8 Å². The second-order valence-corrected chi connectivity index (χ2v) is 8.09. The van der Waals surface area contributed by atoms with Crippen LogP contribution in [0.15, 0.2) is 94.9 Å². The van der Waals surface area contributed by atoms with E-state index in [2.05, 4.69) is 9.98 Å². The maximum atomic E-state index is 14.5. The van der Waals surface area contributed by atoms with Crippen molar-refractivity contribution < 1.29 is 8.78 Å². The molecule has 4 aromatic rings. The van der Waals surface area contributed by atoms with Crippen LogP contribution in [0, 0.1) is 25.5 Å². The highest BCUT2D eigenvalue weighted by atomic mass is 19.1. The van der Waals surface area contributed by atoms with E-state index >= 15 is 0 Å². The molecule has 0 bridgehead atoms. The molecule has 0 aliphatic carbocycles. The van der Waals surface area contributed by atoms with Crippen molar-refractivity contribution in [2.24, 2.45) is 9.98 Å². The highest BCUT2D eigenvalue weighted by Gasteiger charge is 2.06. The van der Waals surface area contributed by atoms with Gasteiger partial charge in [-0.2, -0.15) is 0 Å². The smallest absolute Gasteiger partial charge is 0.149 e. The second-order valence-electron chi connectivity index (χ2n) is 8.09. The molecule has 0 saturated heterocycles. The molecule has 33 heavy (non-hydrogen) atoms. The highest BCUT2D eigenvalue weighted by molar-refractivity contribution is 5.82. The molecule has 0 aliphatic heterocycles. The summed E-state index contributed by atoms with van der Waals surface area (Å²) in [5, 5.41) is 0. The Morgan fingerprint density at radius 2 is 0.970 bits per heavy atom. The fraction of sp³-hybridized carbons (Fsp3) is 0.103. The predicted molar refractivity (Wildman–Crippen MR) is 132 cm³/mol. The van der Waals surface area contributed by atoms with Crippen LogP contribution in [0.4, 0.5) is 20.2 Å². The zero-order valence-electron chi connectivity index (χ0n) is 18.6. The minimum atomic E-state index is -0.407. The van der Waals surface area contributed by atoms with E-state index in [1.54, 1.807) is 24.6 Å². The minimum absolute atomic E-state index is 0.270. The standard InChI is InChI=1S/C29H24F2N2/c1-20-3-7-22(8-4-20)18-32-28-13-11-24(16-26(28)30)15-25-12-14-29(27(31)17-25)33-19-23-9-5-21(2)6-10-23/h3-14,16-19H,15H2,1-2H3. The van der Waals surface area contributed by atoms with E-state index in [-0.39, 0.29) is 11.4 Å². The summed E-state index contributed by atoms with van der Waals surface area (Å²) in [6.07, 6.45) is 3.70. The first-order chi connectivity index (χ1) is 16.0. The van der Waals surface area contributed by atoms with Gasteiger partial charge in [-0.25, -0.2) is 8.78 Å². The van der Waals surface area contributed by atoms with E-state index in [1.807, 2.05) is 74.5 Å². The van der Waals surface area contributed by atoms with Crippen molar-refractivity contribution >= 4 is 23.8 Å². The number of benzene rings is 4. The summed E-state index contributed by atoms with van der Waals surface area (Å²) in [6.45, 7) is 4.02. The minimum Gasteiger partial charge on any atom is -0.253 e. The number of hydrogen-bond donors (Lipinski definition) is 0. The molecule has 0 fully saturated rings. The average molecular weight is 439 g/mol. The topological polar surface area (TPSA) is 24.7 Å². The summed E-state index contributed by atoms with van der Waals surface area (Å²) in [6, 6.07) is 25.5. The van der Waals surface area contributed by atoms with E-state index < -0.39 is 11.6 Å². The van der Waals surface area contributed by atoms with Gasteiger partial charge in [-0.1, -0.05) is 71.8 Å². The predicted octanol–water partition coefficient (Wildman–Crippen LogP) is 7.67. The van der Waals surface area contributed by atoms with Crippen LogP contribution in [-0.4, -0.2) is 12.4 Å². The number of aryl methyl sites for hydroxylation is 2. The highest BCUT2D eigenvalue weighted by Crippen LogP contribution is 2.24. The van der Waals surface area contributed by atoms with Crippen LogP contribution < -0.4 is 0 Å². The van der Waals surface area contributed by atoms with E-state index in [9.17, 15) is 8.78 Å². The summed E-state index contributed by atoms with van der Waals surface area (Å²) >= 11 is 0. The summed E-state index contributed by atoms with van der Waals surface area (Å²) in [4.78, 5) is 8.51. The maximum Gasteiger partial charge on any atom is 0.149 e. The summed E-state index contributed by atoms with van der Waals surface area (Å²) in [5.74, 6) is -0.814. The molecule has 0 amide bonds. The molecular formula is C29H24F2N2. The Hall–Kier alpha value is -3.92. The third-order valence-corrected chi connectivity index (χ3v) is 5.29. The molecule has 164 valence electrons. The van der Waals surface area contributed by atoms with Crippen molar-refractivity contribution in [1.82, 2.24) is 0 Å². The van der Waals surface area contributed by atoms with Gasteiger partial charge in [-0.3, -0.25) is 9.98 Å². The Bertz CT molecular complexity index is 1200. The van der Waals surface area contributed by atoms with Crippen molar-refractivity contribution in [3.8, 4) is 0 Å². The Morgan fingerprint density at radius 3 is 1.33 bits per heavy atom. The van der Waals surface area contributed by atoms with Crippen LogP contribution in [0.3, 0.4) is 0 Å². The Morgan fingerprint density at radius 1 is 0.576 bits per heavy atom. The average Bonchev–Trinajstić information content (AvgIpc) is 2.80. The zero-order valence-corrected chi connectivity index (χ0v) is 18.6. The van der Waals surface area contributed by atoms with Crippen LogP contribution in [0.1, 0.15) is 33.4 Å². The van der Waals surface area contributed by atoms with Gasteiger partial charge in [0.1, 0.15) is 11.6 Å². The van der Waals surface area contributed by atoms with Gasteiger partial charge < -0.3 is 0 Å². The zero-order chi connectivity index (χ0) is 23.2. The fourth-order valence-corrected chi connectivity index (χ4v) is 3.36. The molecule has 4 aromatic carbocycles. The molecule has 0 atom stereocenters. The number of halogens is 2. The second kappa shape index (κ2) is 10.1. The lowest BCUT2D eigenvalue weighted by atomic mass is 10.0. The van der Waals surface area contributed by atoms with Crippen LogP contribution in [-0.2, 0) is 6.42 Å². The summed E-state index contributed by atoms with van der Waals surface area (Å²) in [5.41, 5.74) is 6.16. The number of rotatable bonds is 6. The first-order valence-electron chi connectivity index (χ1n) is 10.7. The first kappa shape index (κ1) is 22.3. The van der Waals surface area contributed by atoms with Crippen molar-refractivity contribution in [2.45, 2.75) is 20.3 Å². The van der Waals surface area contributed by atoms with Crippen LogP contribution in [0.2, 0.25) is 0 Å². The Balaban J connectivity index is 1.44. The molecule has 0 aliphatic rings. The normalized spacial score (nSPS) is 11.5. The van der Waals surface area contributed by atoms with Crippen molar-refractivity contribution in [3.63, 3.8) is 0 Å². The molecule has 0 N–H and O–H groups in total. The van der Waals surface area contributed by atoms with Gasteiger partial charge >= 0.3 is 0 Å². The summed E-state index contributed by atoms with van der Waals surface area (Å²) < 4.78 is 29.1. The number of aliphatic imine (C=N–C) groups is 2. The quantitative estimate of drug-likeness (QED) is 0.276. The SMILES string of the molecule is Cc1ccc(C=Nc2ccc(Cc3ccc(N=Cc4ccc(C)cc4)c(F)c3)cc2F)cc1. The first-order valence-corrected chi connectivity index (χ1v) is 10.7. The third kappa shape index (κ3) is 6.07. The van der Waals surface area contributed by atoms with Gasteiger partial charge in [0.05, 0.1) is 11.4 Å². The van der Waals surface area contributed by atoms with Gasteiger partial charge in [0.2, 0.25) is 0 Å². The van der Waals surface area contributed by atoms with Crippen LogP contribution in [0.25, 0.3) is 0 Å². The molecule has 0 heterocycles. The van der Waals surface area contributed by atoms with Crippen molar-refractivity contribution in [2.75, 3.05) is 0 Å². The lowest BCUT2D eigenvalue weighted by Crippen LogP contribution is -1.91. The Labute approximate surface area is 193 Å².